The lowest BCUT2D eigenvalue weighted by Crippen LogP contribution is -2.11. The van der Waals surface area contributed by atoms with Crippen molar-refractivity contribution in [2.24, 2.45) is 0 Å². The van der Waals surface area contributed by atoms with Gasteiger partial charge in [-0.1, -0.05) is 34.1 Å². The molecule has 0 spiro atoms. The molecular weight excluding hydrogens is 306 g/mol. The molecule has 0 bridgehead atoms. The molecule has 0 amide bonds. The Bertz CT molecular complexity index is 639. The van der Waals surface area contributed by atoms with Crippen molar-refractivity contribution in [3.8, 4) is 6.07 Å². The fourth-order valence-electron chi connectivity index (χ4n) is 1.79. The molecule has 2 N–H and O–H groups in total. The summed E-state index contributed by atoms with van der Waals surface area (Å²) in [6.07, 6.45) is 0. The van der Waals surface area contributed by atoms with Crippen molar-refractivity contribution in [1.82, 2.24) is 9.78 Å². The van der Waals surface area contributed by atoms with Crippen LogP contribution in [-0.2, 0) is 6.54 Å². The van der Waals surface area contributed by atoms with E-state index in [0.717, 1.165) is 10.0 Å². The Kier molecular flexibility index (Phi) is 3.76. The molecule has 1 aromatic heterocycles. The first-order valence-electron chi connectivity index (χ1n) is 5.71. The Labute approximate surface area is 120 Å². The van der Waals surface area contributed by atoms with Crippen molar-refractivity contribution >= 4 is 27.6 Å². The number of anilines is 2. The van der Waals surface area contributed by atoms with Crippen molar-refractivity contribution in [2.45, 2.75) is 6.54 Å². The number of benzene rings is 1. The summed E-state index contributed by atoms with van der Waals surface area (Å²) in [4.78, 5) is 1.78. The molecule has 19 heavy (non-hydrogen) atoms. The number of aromatic nitrogens is 2. The van der Waals surface area contributed by atoms with Gasteiger partial charge >= 0.3 is 0 Å². The first-order chi connectivity index (χ1) is 9.04. The number of nitriles is 1. The summed E-state index contributed by atoms with van der Waals surface area (Å²) < 4.78 is 2.64. The molecule has 0 unspecified atom stereocenters. The summed E-state index contributed by atoms with van der Waals surface area (Å²) in [5, 5.41) is 13.6. The Morgan fingerprint density at radius 3 is 2.63 bits per heavy atom. The topological polar surface area (TPSA) is 70.9 Å². The number of rotatable bonds is 3. The third-order valence-corrected chi connectivity index (χ3v) is 3.56. The number of nitrogens with two attached hydrogens (primary N) is 1. The van der Waals surface area contributed by atoms with Crippen molar-refractivity contribution in [3.05, 3.63) is 39.9 Å². The first-order valence-corrected chi connectivity index (χ1v) is 6.51. The predicted octanol–water partition coefficient (Wildman–Crippen LogP) is 2.21. The normalized spacial score (nSPS) is 10.2. The van der Waals surface area contributed by atoms with E-state index in [2.05, 4.69) is 27.1 Å². The van der Waals surface area contributed by atoms with Crippen LogP contribution < -0.4 is 10.6 Å². The average Bonchev–Trinajstić information content (AvgIpc) is 2.69. The maximum absolute atomic E-state index is 9.16. The van der Waals surface area contributed by atoms with Gasteiger partial charge in [0.2, 0.25) is 0 Å². The Balaban J connectivity index is 2.42. The second-order valence-corrected chi connectivity index (χ2v) is 5.19. The zero-order valence-electron chi connectivity index (χ0n) is 10.8. The number of nitrogen functional groups attached to an aromatic ring is 1. The van der Waals surface area contributed by atoms with E-state index < -0.39 is 0 Å². The van der Waals surface area contributed by atoms with Crippen LogP contribution in [-0.4, -0.2) is 23.9 Å². The van der Waals surface area contributed by atoms with E-state index in [4.69, 9.17) is 11.0 Å². The lowest BCUT2D eigenvalue weighted by molar-refractivity contribution is 0.693. The summed E-state index contributed by atoms with van der Waals surface area (Å²) >= 11 is 3.49. The smallest absolute Gasteiger partial charge is 0.170 e. The summed E-state index contributed by atoms with van der Waals surface area (Å²) in [6.45, 7) is 0.524. The number of hydrogen-bond donors (Lipinski definition) is 1. The minimum atomic E-state index is 0.391. The van der Waals surface area contributed by atoms with E-state index in [1.165, 1.54) is 0 Å². The van der Waals surface area contributed by atoms with Gasteiger partial charge in [-0.15, -0.1) is 0 Å². The molecule has 5 nitrogen and oxygen atoms in total. The largest absolute Gasteiger partial charge is 0.383 e. The molecule has 0 fully saturated rings. The van der Waals surface area contributed by atoms with Crippen molar-refractivity contribution < 1.29 is 0 Å². The third-order valence-electron chi connectivity index (χ3n) is 2.79. The van der Waals surface area contributed by atoms with Crippen molar-refractivity contribution in [1.29, 1.82) is 5.26 Å². The first kappa shape index (κ1) is 13.4. The van der Waals surface area contributed by atoms with Gasteiger partial charge in [-0.3, -0.25) is 0 Å². The standard InChI is InChI=1S/C13H14BrN5/c1-18(2)13-10(7-15)12(16)19(17-13)8-9-5-3-4-6-11(9)14/h3-6H,8,16H2,1-2H3. The molecule has 0 atom stereocenters. The molecule has 2 rings (SSSR count). The highest BCUT2D eigenvalue weighted by Gasteiger charge is 2.17. The van der Waals surface area contributed by atoms with E-state index in [1.807, 2.05) is 38.4 Å². The molecule has 0 saturated heterocycles. The maximum Gasteiger partial charge on any atom is 0.170 e. The maximum atomic E-state index is 9.16. The molecule has 0 saturated carbocycles. The van der Waals surface area contributed by atoms with E-state index >= 15 is 0 Å². The summed E-state index contributed by atoms with van der Waals surface area (Å²) in [6, 6.07) is 9.97. The predicted molar refractivity (Wildman–Crippen MR) is 78.9 cm³/mol. The molecule has 0 aliphatic rings. The zero-order chi connectivity index (χ0) is 14.0. The van der Waals surface area contributed by atoms with E-state index in [9.17, 15) is 0 Å². The van der Waals surface area contributed by atoms with Crippen LogP contribution in [0.3, 0.4) is 0 Å². The van der Waals surface area contributed by atoms with Crippen LogP contribution in [0, 0.1) is 11.3 Å². The van der Waals surface area contributed by atoms with Crippen LogP contribution in [0.2, 0.25) is 0 Å². The zero-order valence-corrected chi connectivity index (χ0v) is 12.3. The lowest BCUT2D eigenvalue weighted by Gasteiger charge is -2.08. The van der Waals surface area contributed by atoms with Crippen LogP contribution in [0.5, 0.6) is 0 Å². The summed E-state index contributed by atoms with van der Waals surface area (Å²) in [5.74, 6) is 0.981. The second kappa shape index (κ2) is 5.33. The lowest BCUT2D eigenvalue weighted by atomic mass is 10.2. The minimum Gasteiger partial charge on any atom is -0.383 e. The molecule has 6 heteroatoms. The third kappa shape index (κ3) is 2.56. The van der Waals surface area contributed by atoms with Gasteiger partial charge in [-0.05, 0) is 11.6 Å². The fourth-order valence-corrected chi connectivity index (χ4v) is 2.20. The average molecular weight is 320 g/mol. The van der Waals surface area contributed by atoms with Crippen LogP contribution >= 0.6 is 15.9 Å². The summed E-state index contributed by atoms with van der Waals surface area (Å²) in [7, 11) is 3.68. The van der Waals surface area contributed by atoms with Gasteiger partial charge in [0.25, 0.3) is 0 Å². The minimum absolute atomic E-state index is 0.391. The van der Waals surface area contributed by atoms with Gasteiger partial charge in [-0.25, -0.2) is 4.68 Å². The quantitative estimate of drug-likeness (QED) is 0.941. The van der Waals surface area contributed by atoms with Gasteiger partial charge in [-0.2, -0.15) is 10.4 Å². The van der Waals surface area contributed by atoms with Gasteiger partial charge in [0.1, 0.15) is 17.5 Å². The van der Waals surface area contributed by atoms with Crippen LogP contribution in [0.4, 0.5) is 11.6 Å². The SMILES string of the molecule is CN(C)c1nn(Cc2ccccc2Br)c(N)c1C#N. The van der Waals surface area contributed by atoms with E-state index in [1.54, 1.807) is 9.58 Å². The Hall–Kier alpha value is -2.00. The van der Waals surface area contributed by atoms with Gasteiger partial charge in [0, 0.05) is 18.6 Å². The number of nitrogens with zero attached hydrogens (tertiary/aromatic N) is 4. The van der Waals surface area contributed by atoms with E-state index in [0.29, 0.717) is 23.7 Å². The molecule has 2 aromatic rings. The van der Waals surface area contributed by atoms with E-state index in [-0.39, 0.29) is 0 Å². The highest BCUT2D eigenvalue weighted by Crippen LogP contribution is 2.25. The number of halogens is 1. The second-order valence-electron chi connectivity index (χ2n) is 4.34. The van der Waals surface area contributed by atoms with Gasteiger partial charge in [0.15, 0.2) is 5.82 Å². The molecule has 0 radical (unpaired) electrons. The van der Waals surface area contributed by atoms with Crippen LogP contribution in [0.15, 0.2) is 28.7 Å². The van der Waals surface area contributed by atoms with Crippen LogP contribution in [0.25, 0.3) is 0 Å². The fraction of sp³-hybridized carbons (Fsp3) is 0.231. The molecule has 1 aromatic carbocycles. The van der Waals surface area contributed by atoms with Crippen LogP contribution in [0.1, 0.15) is 11.1 Å². The summed E-state index contributed by atoms with van der Waals surface area (Å²) in [5.41, 5.74) is 7.46. The Morgan fingerprint density at radius 1 is 1.42 bits per heavy atom. The molecular formula is C13H14BrN5. The van der Waals surface area contributed by atoms with Crippen molar-refractivity contribution in [2.75, 3.05) is 24.7 Å². The van der Waals surface area contributed by atoms with Gasteiger partial charge < -0.3 is 10.6 Å². The highest BCUT2D eigenvalue weighted by molar-refractivity contribution is 9.10. The van der Waals surface area contributed by atoms with Crippen molar-refractivity contribution in [3.63, 3.8) is 0 Å². The highest BCUT2D eigenvalue weighted by atomic mass is 79.9. The monoisotopic (exact) mass is 319 g/mol. The van der Waals surface area contributed by atoms with Gasteiger partial charge in [0.05, 0.1) is 6.54 Å². The molecule has 98 valence electrons. The molecule has 1 heterocycles. The molecule has 0 aliphatic heterocycles. The molecule has 0 aliphatic carbocycles. The number of hydrogen-bond acceptors (Lipinski definition) is 4. The Morgan fingerprint density at radius 2 is 2.11 bits per heavy atom.